The molecule has 0 amide bonds. The molecule has 0 spiro atoms. The second-order valence-corrected chi connectivity index (χ2v) is 5.86. The number of piperazine rings is 1. The van der Waals surface area contributed by atoms with E-state index in [4.69, 9.17) is 0 Å². The maximum atomic E-state index is 9.99. The standard InChI is InChI=1S/C16H24N2O/c19-16-8-4-7-15(16)18-11-9-17(10-12-18)13-14-5-2-1-3-6-14/h1-3,5-6,15-16,19H,4,7-13H2. The van der Waals surface area contributed by atoms with E-state index >= 15 is 0 Å². The average molecular weight is 260 g/mol. The Kier molecular flexibility index (Phi) is 4.16. The zero-order chi connectivity index (χ0) is 13.1. The van der Waals surface area contributed by atoms with Crippen LogP contribution in [0.15, 0.2) is 30.3 Å². The summed E-state index contributed by atoms with van der Waals surface area (Å²) < 4.78 is 0. The molecule has 1 saturated carbocycles. The molecular formula is C16H24N2O. The van der Waals surface area contributed by atoms with Gasteiger partial charge in [0.1, 0.15) is 0 Å². The van der Waals surface area contributed by atoms with Crippen LogP contribution >= 0.6 is 0 Å². The number of nitrogens with zero attached hydrogens (tertiary/aromatic N) is 2. The highest BCUT2D eigenvalue weighted by atomic mass is 16.3. The van der Waals surface area contributed by atoms with Gasteiger partial charge in [0.15, 0.2) is 0 Å². The maximum Gasteiger partial charge on any atom is 0.0695 e. The van der Waals surface area contributed by atoms with E-state index < -0.39 is 0 Å². The van der Waals surface area contributed by atoms with Gasteiger partial charge in [0.2, 0.25) is 0 Å². The summed E-state index contributed by atoms with van der Waals surface area (Å²) in [5.41, 5.74) is 1.40. The van der Waals surface area contributed by atoms with Crippen LogP contribution in [0, 0.1) is 0 Å². The number of rotatable bonds is 3. The van der Waals surface area contributed by atoms with Crippen molar-refractivity contribution in [3.8, 4) is 0 Å². The highest BCUT2D eigenvalue weighted by Crippen LogP contribution is 2.25. The highest BCUT2D eigenvalue weighted by Gasteiger charge is 2.32. The van der Waals surface area contributed by atoms with Crippen molar-refractivity contribution in [1.29, 1.82) is 0 Å². The van der Waals surface area contributed by atoms with Crippen LogP contribution in [0.25, 0.3) is 0 Å². The lowest BCUT2D eigenvalue weighted by Gasteiger charge is -2.39. The van der Waals surface area contributed by atoms with E-state index in [-0.39, 0.29) is 6.10 Å². The molecule has 1 aromatic carbocycles. The van der Waals surface area contributed by atoms with Gasteiger partial charge in [0.05, 0.1) is 6.10 Å². The van der Waals surface area contributed by atoms with Crippen molar-refractivity contribution in [2.24, 2.45) is 0 Å². The highest BCUT2D eigenvalue weighted by molar-refractivity contribution is 5.14. The molecule has 2 aliphatic rings. The van der Waals surface area contributed by atoms with Gasteiger partial charge in [-0.1, -0.05) is 30.3 Å². The Morgan fingerprint density at radius 1 is 1.00 bits per heavy atom. The van der Waals surface area contributed by atoms with Crippen molar-refractivity contribution >= 4 is 0 Å². The fourth-order valence-electron chi connectivity index (χ4n) is 3.44. The zero-order valence-corrected chi connectivity index (χ0v) is 11.5. The molecule has 1 saturated heterocycles. The Morgan fingerprint density at radius 2 is 1.74 bits per heavy atom. The lowest BCUT2D eigenvalue weighted by molar-refractivity contribution is 0.0336. The predicted molar refractivity (Wildman–Crippen MR) is 76.9 cm³/mol. The molecule has 0 aromatic heterocycles. The van der Waals surface area contributed by atoms with E-state index in [0.29, 0.717) is 6.04 Å². The fraction of sp³-hybridized carbons (Fsp3) is 0.625. The number of hydrogen-bond acceptors (Lipinski definition) is 3. The minimum atomic E-state index is -0.0827. The van der Waals surface area contributed by atoms with Crippen LogP contribution in [0.3, 0.4) is 0 Å². The van der Waals surface area contributed by atoms with Gasteiger partial charge >= 0.3 is 0 Å². The van der Waals surface area contributed by atoms with Crippen molar-refractivity contribution in [2.45, 2.75) is 38.0 Å². The lowest BCUT2D eigenvalue weighted by atomic mass is 10.1. The molecule has 2 atom stereocenters. The van der Waals surface area contributed by atoms with E-state index in [0.717, 1.165) is 39.1 Å². The van der Waals surface area contributed by atoms with Crippen LogP contribution in [0.2, 0.25) is 0 Å². The summed E-state index contributed by atoms with van der Waals surface area (Å²) in [6, 6.07) is 11.1. The number of aliphatic hydroxyl groups is 1. The molecule has 3 heteroatoms. The van der Waals surface area contributed by atoms with Crippen molar-refractivity contribution in [1.82, 2.24) is 9.80 Å². The monoisotopic (exact) mass is 260 g/mol. The van der Waals surface area contributed by atoms with Crippen LogP contribution < -0.4 is 0 Å². The molecule has 1 aliphatic heterocycles. The third kappa shape index (κ3) is 3.16. The number of benzene rings is 1. The molecule has 2 unspecified atom stereocenters. The lowest BCUT2D eigenvalue weighted by Crippen LogP contribution is -2.51. The van der Waals surface area contributed by atoms with Gasteiger partial charge in [0, 0.05) is 38.8 Å². The summed E-state index contributed by atoms with van der Waals surface area (Å²) >= 11 is 0. The second-order valence-electron chi connectivity index (χ2n) is 5.86. The minimum absolute atomic E-state index is 0.0827. The summed E-state index contributed by atoms with van der Waals surface area (Å²) in [5, 5.41) is 9.99. The van der Waals surface area contributed by atoms with Gasteiger partial charge in [-0.05, 0) is 24.8 Å². The van der Waals surface area contributed by atoms with Crippen LogP contribution in [0.1, 0.15) is 24.8 Å². The van der Waals surface area contributed by atoms with Crippen LogP contribution in [-0.2, 0) is 6.54 Å². The first-order valence-electron chi connectivity index (χ1n) is 7.51. The maximum absolute atomic E-state index is 9.99. The molecule has 3 nitrogen and oxygen atoms in total. The first-order chi connectivity index (χ1) is 9.33. The van der Waals surface area contributed by atoms with E-state index in [9.17, 15) is 5.11 Å². The zero-order valence-electron chi connectivity index (χ0n) is 11.5. The van der Waals surface area contributed by atoms with E-state index in [2.05, 4.69) is 40.1 Å². The van der Waals surface area contributed by atoms with Gasteiger partial charge in [0.25, 0.3) is 0 Å². The summed E-state index contributed by atoms with van der Waals surface area (Å²) in [4.78, 5) is 5.02. The van der Waals surface area contributed by atoms with E-state index in [1.54, 1.807) is 0 Å². The quantitative estimate of drug-likeness (QED) is 0.896. The second kappa shape index (κ2) is 6.04. The Balaban J connectivity index is 1.49. The Hall–Kier alpha value is -0.900. The summed E-state index contributed by atoms with van der Waals surface area (Å²) in [5.74, 6) is 0. The van der Waals surface area contributed by atoms with Crippen molar-refractivity contribution in [3.63, 3.8) is 0 Å². The van der Waals surface area contributed by atoms with Crippen LogP contribution in [0.4, 0.5) is 0 Å². The molecule has 0 radical (unpaired) electrons. The van der Waals surface area contributed by atoms with Gasteiger partial charge < -0.3 is 5.11 Å². The first-order valence-corrected chi connectivity index (χ1v) is 7.51. The van der Waals surface area contributed by atoms with Crippen molar-refractivity contribution < 1.29 is 5.11 Å². The first kappa shape index (κ1) is 13.1. The topological polar surface area (TPSA) is 26.7 Å². The smallest absolute Gasteiger partial charge is 0.0695 e. The molecule has 1 aromatic rings. The normalized spacial score (nSPS) is 29.7. The average Bonchev–Trinajstić information content (AvgIpc) is 2.87. The number of aliphatic hydroxyl groups excluding tert-OH is 1. The molecule has 0 bridgehead atoms. The van der Waals surface area contributed by atoms with Gasteiger partial charge in [-0.25, -0.2) is 0 Å². The van der Waals surface area contributed by atoms with E-state index in [1.807, 2.05) is 0 Å². The molecule has 1 heterocycles. The molecule has 1 aliphatic carbocycles. The SMILES string of the molecule is OC1CCCC1N1CCN(Cc2ccccc2)CC1. The molecule has 3 rings (SSSR count). The van der Waals surface area contributed by atoms with Gasteiger partial charge in [-0.15, -0.1) is 0 Å². The van der Waals surface area contributed by atoms with E-state index in [1.165, 1.54) is 18.4 Å². The molecule has 2 fully saturated rings. The summed E-state index contributed by atoms with van der Waals surface area (Å²) in [7, 11) is 0. The van der Waals surface area contributed by atoms with Crippen LogP contribution in [0.5, 0.6) is 0 Å². The fourth-order valence-corrected chi connectivity index (χ4v) is 3.44. The minimum Gasteiger partial charge on any atom is -0.391 e. The van der Waals surface area contributed by atoms with Crippen molar-refractivity contribution in [3.05, 3.63) is 35.9 Å². The van der Waals surface area contributed by atoms with Gasteiger partial charge in [-0.3, -0.25) is 9.80 Å². The number of hydrogen-bond donors (Lipinski definition) is 1. The Morgan fingerprint density at radius 3 is 2.37 bits per heavy atom. The molecule has 1 N–H and O–H groups in total. The molecule has 104 valence electrons. The van der Waals surface area contributed by atoms with Gasteiger partial charge in [-0.2, -0.15) is 0 Å². The Bertz CT molecular complexity index is 387. The predicted octanol–water partition coefficient (Wildman–Crippen LogP) is 1.72. The summed E-state index contributed by atoms with van der Waals surface area (Å²) in [6.45, 7) is 5.52. The van der Waals surface area contributed by atoms with Crippen LogP contribution in [-0.4, -0.2) is 53.2 Å². The molecule has 19 heavy (non-hydrogen) atoms. The Labute approximate surface area is 115 Å². The largest absolute Gasteiger partial charge is 0.391 e. The third-order valence-corrected chi connectivity index (χ3v) is 4.57. The summed E-state index contributed by atoms with van der Waals surface area (Å²) in [6.07, 6.45) is 3.28. The van der Waals surface area contributed by atoms with Crippen molar-refractivity contribution in [2.75, 3.05) is 26.2 Å². The molecular weight excluding hydrogens is 236 g/mol. The third-order valence-electron chi connectivity index (χ3n) is 4.57.